The highest BCUT2D eigenvalue weighted by Gasteiger charge is 2.47. The fourth-order valence-electron chi connectivity index (χ4n) is 11.7. The lowest BCUT2D eigenvalue weighted by Gasteiger charge is -2.31. The summed E-state index contributed by atoms with van der Waals surface area (Å²) < 4.78 is 16.3. The SMILES string of the molecule is CC1(C)c2ccccc2-c2ccc(N(c3cccc(-c4ccc5c(c4)c4ccccc4n5-c4ccc(F)cc4)c3)c3ccc4c(c3)C3(Cc5ccccc5C3)c3ccccc3-4)cc21. The summed E-state index contributed by atoms with van der Waals surface area (Å²) in [5.74, 6) is -0.238. The van der Waals surface area contributed by atoms with Crippen molar-refractivity contribution in [1.82, 2.24) is 4.57 Å². The van der Waals surface area contributed by atoms with Crippen LogP contribution in [0.4, 0.5) is 21.5 Å². The van der Waals surface area contributed by atoms with Crippen LogP contribution >= 0.6 is 0 Å². The van der Waals surface area contributed by atoms with Gasteiger partial charge in [0.1, 0.15) is 5.82 Å². The second-order valence-corrected chi connectivity index (χ2v) is 18.3. The van der Waals surface area contributed by atoms with Crippen LogP contribution in [0.3, 0.4) is 0 Å². The van der Waals surface area contributed by atoms with Gasteiger partial charge in [0.2, 0.25) is 0 Å². The van der Waals surface area contributed by atoms with E-state index in [0.717, 1.165) is 63.1 Å². The summed E-state index contributed by atoms with van der Waals surface area (Å²) in [6, 6.07) is 72.5. The molecule has 0 saturated carbocycles. The van der Waals surface area contributed by atoms with Crippen LogP contribution in [0.1, 0.15) is 47.2 Å². The van der Waals surface area contributed by atoms with Crippen LogP contribution in [0.15, 0.2) is 200 Å². The molecule has 2 nitrogen and oxygen atoms in total. The van der Waals surface area contributed by atoms with Crippen LogP contribution in [-0.4, -0.2) is 4.57 Å². The van der Waals surface area contributed by atoms with Crippen molar-refractivity contribution in [2.45, 2.75) is 37.5 Å². The molecule has 0 atom stereocenters. The third-order valence-electron chi connectivity index (χ3n) is 14.6. The molecule has 9 aromatic carbocycles. The lowest BCUT2D eigenvalue weighted by molar-refractivity contribution is 0.563. The van der Waals surface area contributed by atoms with E-state index < -0.39 is 0 Å². The summed E-state index contributed by atoms with van der Waals surface area (Å²) in [5.41, 5.74) is 22.4. The zero-order chi connectivity index (χ0) is 42.0. The molecule has 1 heterocycles. The molecule has 13 rings (SSSR count). The number of hydrogen-bond acceptors (Lipinski definition) is 1. The van der Waals surface area contributed by atoms with Crippen LogP contribution < -0.4 is 4.90 Å². The predicted octanol–water partition coefficient (Wildman–Crippen LogP) is 15.4. The molecule has 0 saturated heterocycles. The van der Waals surface area contributed by atoms with Crippen molar-refractivity contribution < 1.29 is 4.39 Å². The molecule has 0 bridgehead atoms. The maximum absolute atomic E-state index is 14.1. The Labute approximate surface area is 367 Å². The maximum Gasteiger partial charge on any atom is 0.123 e. The van der Waals surface area contributed by atoms with Gasteiger partial charge in [0, 0.05) is 44.4 Å². The number of para-hydroxylation sites is 1. The van der Waals surface area contributed by atoms with Gasteiger partial charge in [0.05, 0.1) is 11.0 Å². The number of rotatable bonds is 5. The minimum atomic E-state index is -0.238. The third-order valence-corrected chi connectivity index (χ3v) is 14.6. The van der Waals surface area contributed by atoms with Crippen LogP contribution in [0.5, 0.6) is 0 Å². The molecule has 0 unspecified atom stereocenters. The molecule has 300 valence electrons. The molecule has 1 spiro atoms. The predicted molar refractivity (Wildman–Crippen MR) is 258 cm³/mol. The Morgan fingerprint density at radius 2 is 1.00 bits per heavy atom. The van der Waals surface area contributed by atoms with E-state index in [1.165, 1.54) is 73.2 Å². The van der Waals surface area contributed by atoms with Crippen molar-refractivity contribution >= 4 is 38.9 Å². The van der Waals surface area contributed by atoms with Crippen molar-refractivity contribution in [3.05, 3.63) is 239 Å². The van der Waals surface area contributed by atoms with Crippen LogP contribution in [-0.2, 0) is 23.7 Å². The van der Waals surface area contributed by atoms with Crippen molar-refractivity contribution in [2.75, 3.05) is 4.90 Å². The average Bonchev–Trinajstić information content (AvgIpc) is 4.02. The van der Waals surface area contributed by atoms with Crippen LogP contribution in [0, 0.1) is 5.82 Å². The first kappa shape index (κ1) is 36.2. The quantitative estimate of drug-likeness (QED) is 0.168. The average molecular weight is 811 g/mol. The van der Waals surface area contributed by atoms with Crippen molar-refractivity contribution in [1.29, 1.82) is 0 Å². The molecular weight excluding hydrogens is 768 g/mol. The summed E-state index contributed by atoms with van der Waals surface area (Å²) >= 11 is 0. The third kappa shape index (κ3) is 5.23. The number of aromatic nitrogens is 1. The van der Waals surface area contributed by atoms with Crippen LogP contribution in [0.2, 0.25) is 0 Å². The monoisotopic (exact) mass is 810 g/mol. The largest absolute Gasteiger partial charge is 0.310 e. The summed E-state index contributed by atoms with van der Waals surface area (Å²) in [7, 11) is 0. The van der Waals surface area contributed by atoms with Gasteiger partial charge in [0.15, 0.2) is 0 Å². The van der Waals surface area contributed by atoms with Crippen molar-refractivity contribution in [3.63, 3.8) is 0 Å². The normalized spacial score (nSPS) is 14.7. The van der Waals surface area contributed by atoms with Gasteiger partial charge >= 0.3 is 0 Å². The summed E-state index contributed by atoms with van der Waals surface area (Å²) in [4.78, 5) is 2.49. The first-order valence-electron chi connectivity index (χ1n) is 22.1. The van der Waals surface area contributed by atoms with Gasteiger partial charge in [-0.05, 0) is 158 Å². The zero-order valence-electron chi connectivity index (χ0n) is 35.2. The van der Waals surface area contributed by atoms with E-state index in [1.807, 2.05) is 12.1 Å². The number of halogens is 1. The lowest BCUT2D eigenvalue weighted by atomic mass is 9.75. The standard InChI is InChI=1S/C60H43FN2/c1-59(2)53-19-8-5-16-47(53)49-29-27-45(34-55(49)59)62(46-28-30-50-48-17-6-9-20-54(48)60(56(50)35-46)36-40-12-3-4-13-41(40)37-60)44-15-11-14-38(32-44)39-22-31-58-52(33-39)51-18-7-10-21-57(51)63(58)43-25-23-42(61)24-26-43/h3-35H,36-37H2,1-2H3. The number of anilines is 3. The molecule has 0 fully saturated rings. The molecule has 3 heteroatoms. The molecule has 10 aromatic rings. The Bertz CT molecular complexity index is 3490. The fraction of sp³-hybridized carbons (Fsp3) is 0.100. The Balaban J connectivity index is 0.990. The molecule has 0 aliphatic heterocycles. The molecule has 0 N–H and O–H groups in total. The van der Waals surface area contributed by atoms with Crippen molar-refractivity contribution in [3.8, 4) is 39.1 Å². The smallest absolute Gasteiger partial charge is 0.123 e. The lowest BCUT2D eigenvalue weighted by Crippen LogP contribution is -2.26. The minimum absolute atomic E-state index is 0.122. The van der Waals surface area contributed by atoms with E-state index in [4.69, 9.17) is 0 Å². The highest BCUT2D eigenvalue weighted by molar-refractivity contribution is 6.10. The Kier molecular flexibility index (Phi) is 7.61. The van der Waals surface area contributed by atoms with Gasteiger partial charge in [-0.25, -0.2) is 4.39 Å². The molecule has 1 aromatic heterocycles. The Hall–Kier alpha value is -7.49. The van der Waals surface area contributed by atoms with E-state index in [9.17, 15) is 4.39 Å². The number of benzene rings is 9. The van der Waals surface area contributed by atoms with Crippen molar-refractivity contribution in [2.24, 2.45) is 0 Å². The molecule has 63 heavy (non-hydrogen) atoms. The second kappa shape index (κ2) is 13.3. The number of hydrogen-bond donors (Lipinski definition) is 0. The minimum Gasteiger partial charge on any atom is -0.310 e. The van der Waals surface area contributed by atoms with E-state index >= 15 is 0 Å². The van der Waals surface area contributed by atoms with Gasteiger partial charge in [-0.2, -0.15) is 0 Å². The first-order valence-corrected chi connectivity index (χ1v) is 22.1. The van der Waals surface area contributed by atoms with Gasteiger partial charge in [0.25, 0.3) is 0 Å². The first-order chi connectivity index (χ1) is 30.9. The summed E-state index contributed by atoms with van der Waals surface area (Å²) in [6.45, 7) is 4.73. The van der Waals surface area contributed by atoms with E-state index in [2.05, 4.69) is 199 Å². The topological polar surface area (TPSA) is 8.17 Å². The highest BCUT2D eigenvalue weighted by Crippen LogP contribution is 2.57. The fourth-order valence-corrected chi connectivity index (χ4v) is 11.7. The molecule has 3 aliphatic carbocycles. The zero-order valence-corrected chi connectivity index (χ0v) is 35.2. The van der Waals surface area contributed by atoms with Gasteiger partial charge in [-0.3, -0.25) is 0 Å². The molecule has 0 amide bonds. The number of fused-ring (bicyclic) bond motifs is 12. The summed E-state index contributed by atoms with van der Waals surface area (Å²) in [5, 5.41) is 2.33. The highest BCUT2D eigenvalue weighted by atomic mass is 19.1. The van der Waals surface area contributed by atoms with E-state index in [0.29, 0.717) is 0 Å². The van der Waals surface area contributed by atoms with Crippen LogP contribution in [0.25, 0.3) is 60.9 Å². The Morgan fingerprint density at radius 1 is 0.429 bits per heavy atom. The second-order valence-electron chi connectivity index (χ2n) is 18.3. The maximum atomic E-state index is 14.1. The van der Waals surface area contributed by atoms with Gasteiger partial charge in [-0.1, -0.05) is 135 Å². The Morgan fingerprint density at radius 3 is 1.76 bits per heavy atom. The molecule has 3 aliphatic rings. The van der Waals surface area contributed by atoms with E-state index in [-0.39, 0.29) is 16.6 Å². The van der Waals surface area contributed by atoms with Gasteiger partial charge in [-0.15, -0.1) is 0 Å². The molecular formula is C60H43FN2. The summed E-state index contributed by atoms with van der Waals surface area (Å²) in [6.07, 6.45) is 1.99. The van der Waals surface area contributed by atoms with Gasteiger partial charge < -0.3 is 9.47 Å². The number of nitrogens with zero attached hydrogens (tertiary/aromatic N) is 2. The van der Waals surface area contributed by atoms with E-state index in [1.54, 1.807) is 0 Å². The molecule has 0 radical (unpaired) electrons.